The van der Waals surface area contributed by atoms with Gasteiger partial charge in [0.1, 0.15) is 5.60 Å². The van der Waals surface area contributed by atoms with Crippen molar-refractivity contribution in [3.63, 3.8) is 0 Å². The second kappa shape index (κ2) is 7.85. The number of hydrogen-bond acceptors (Lipinski definition) is 6. The average molecular weight is 370 g/mol. The lowest BCUT2D eigenvalue weighted by Crippen LogP contribution is -2.46. The molecular formula is C20H34O6. The zero-order valence-corrected chi connectivity index (χ0v) is 17.1. The lowest BCUT2D eigenvalue weighted by molar-refractivity contribution is -0.240. The average Bonchev–Trinajstić information content (AvgIpc) is 3.17. The number of rotatable bonds is 8. The Morgan fingerprint density at radius 1 is 1.15 bits per heavy atom. The van der Waals surface area contributed by atoms with Gasteiger partial charge in [-0.05, 0) is 51.4 Å². The van der Waals surface area contributed by atoms with Crippen molar-refractivity contribution in [1.82, 2.24) is 0 Å². The van der Waals surface area contributed by atoms with Gasteiger partial charge < -0.3 is 18.9 Å². The predicted molar refractivity (Wildman–Crippen MR) is 96.4 cm³/mol. The largest absolute Gasteiger partial charge is 0.453 e. The highest BCUT2D eigenvalue weighted by atomic mass is 16.7. The van der Waals surface area contributed by atoms with Crippen LogP contribution >= 0.6 is 0 Å². The van der Waals surface area contributed by atoms with Crippen LogP contribution in [-0.4, -0.2) is 43.1 Å². The molecule has 1 unspecified atom stereocenters. The fourth-order valence-corrected chi connectivity index (χ4v) is 3.18. The van der Waals surface area contributed by atoms with Crippen LogP contribution in [0.4, 0.5) is 0 Å². The maximum absolute atomic E-state index is 12.3. The van der Waals surface area contributed by atoms with Crippen LogP contribution in [0.3, 0.4) is 0 Å². The third kappa shape index (κ3) is 5.19. The molecule has 2 bridgehead atoms. The zero-order chi connectivity index (χ0) is 19.6. The molecule has 150 valence electrons. The van der Waals surface area contributed by atoms with Crippen molar-refractivity contribution in [3.8, 4) is 0 Å². The Balaban J connectivity index is 1.95. The van der Waals surface area contributed by atoms with E-state index in [0.717, 1.165) is 25.7 Å². The third-order valence-electron chi connectivity index (χ3n) is 5.27. The molecular weight excluding hydrogens is 336 g/mol. The predicted octanol–water partition coefficient (Wildman–Crippen LogP) is 3.61. The van der Waals surface area contributed by atoms with Gasteiger partial charge in [-0.3, -0.25) is 4.79 Å². The molecule has 0 amide bonds. The van der Waals surface area contributed by atoms with Gasteiger partial charge in [-0.15, -0.1) is 0 Å². The van der Waals surface area contributed by atoms with E-state index >= 15 is 0 Å². The molecule has 0 aliphatic carbocycles. The van der Waals surface area contributed by atoms with E-state index in [4.69, 9.17) is 18.9 Å². The van der Waals surface area contributed by atoms with Gasteiger partial charge in [0, 0.05) is 0 Å². The Morgan fingerprint density at radius 3 is 2.23 bits per heavy atom. The molecule has 0 aromatic carbocycles. The minimum atomic E-state index is -0.764. The van der Waals surface area contributed by atoms with Crippen LogP contribution < -0.4 is 0 Å². The zero-order valence-electron chi connectivity index (χ0n) is 17.1. The normalized spacial score (nSPS) is 26.6. The Bertz CT molecular complexity index is 511. The number of carbonyl (C=O) groups excluding carboxylic acids is 2. The molecule has 1 atom stereocenters. The monoisotopic (exact) mass is 370 g/mol. The first-order valence-electron chi connectivity index (χ1n) is 9.64. The first-order valence-corrected chi connectivity index (χ1v) is 9.64. The highest BCUT2D eigenvalue weighted by Gasteiger charge is 2.54. The highest BCUT2D eigenvalue weighted by molar-refractivity contribution is 5.79. The van der Waals surface area contributed by atoms with Crippen molar-refractivity contribution in [2.24, 2.45) is 10.8 Å². The maximum Gasteiger partial charge on any atom is 0.346 e. The Kier molecular flexibility index (Phi) is 6.39. The second-order valence-electron chi connectivity index (χ2n) is 9.39. The fraction of sp³-hybridized carbons (Fsp3) is 0.900. The van der Waals surface area contributed by atoms with Crippen molar-refractivity contribution >= 4 is 11.9 Å². The summed E-state index contributed by atoms with van der Waals surface area (Å²) in [5, 5.41) is 0. The molecule has 26 heavy (non-hydrogen) atoms. The smallest absolute Gasteiger partial charge is 0.346 e. The lowest BCUT2D eigenvalue weighted by atomic mass is 9.88. The summed E-state index contributed by atoms with van der Waals surface area (Å²) in [5.74, 6) is -1.00. The molecule has 0 spiro atoms. The van der Waals surface area contributed by atoms with E-state index in [1.807, 2.05) is 6.92 Å². The van der Waals surface area contributed by atoms with Gasteiger partial charge >= 0.3 is 11.9 Å². The minimum absolute atomic E-state index is 0.0600. The summed E-state index contributed by atoms with van der Waals surface area (Å²) in [6, 6.07) is 0. The molecule has 2 heterocycles. The van der Waals surface area contributed by atoms with Gasteiger partial charge in [-0.25, -0.2) is 4.79 Å². The second-order valence-corrected chi connectivity index (χ2v) is 9.39. The van der Waals surface area contributed by atoms with E-state index in [0.29, 0.717) is 13.0 Å². The SMILES string of the molecule is CCC(C)(C)C(=O)OCC(=O)OC(OCC(C)(C)C)C12CCC(CC1)O2. The molecule has 2 aliphatic heterocycles. The summed E-state index contributed by atoms with van der Waals surface area (Å²) < 4.78 is 22.8. The molecule has 6 heteroatoms. The first kappa shape index (κ1) is 21.2. The highest BCUT2D eigenvalue weighted by Crippen LogP contribution is 2.47. The molecule has 0 aromatic heterocycles. The number of fused-ring (bicyclic) bond motifs is 2. The van der Waals surface area contributed by atoms with Gasteiger partial charge in [-0.2, -0.15) is 0 Å². The standard InChI is InChI=1S/C20H34O6/c1-7-19(5,6)16(22)23-12-15(21)25-17(24-13-18(2,3)4)20-10-8-14(26-20)9-11-20/h14,17H,7-13H2,1-6H3. The molecule has 2 aliphatic rings. The summed E-state index contributed by atoms with van der Waals surface area (Å²) in [4.78, 5) is 24.3. The van der Waals surface area contributed by atoms with E-state index < -0.39 is 35.9 Å². The van der Waals surface area contributed by atoms with E-state index in [1.54, 1.807) is 13.8 Å². The fourth-order valence-electron chi connectivity index (χ4n) is 3.18. The van der Waals surface area contributed by atoms with Crippen LogP contribution in [0.25, 0.3) is 0 Å². The van der Waals surface area contributed by atoms with Crippen molar-refractivity contribution < 1.29 is 28.5 Å². The Hall–Kier alpha value is -1.14. The maximum atomic E-state index is 12.3. The lowest BCUT2D eigenvalue weighted by Gasteiger charge is -2.35. The van der Waals surface area contributed by atoms with Crippen molar-refractivity contribution in [2.45, 2.75) is 91.6 Å². The molecule has 2 saturated heterocycles. The summed E-state index contributed by atoms with van der Waals surface area (Å²) >= 11 is 0. The Morgan fingerprint density at radius 2 is 1.77 bits per heavy atom. The molecule has 0 saturated carbocycles. The van der Waals surface area contributed by atoms with Gasteiger partial charge in [-0.1, -0.05) is 27.7 Å². The van der Waals surface area contributed by atoms with Crippen molar-refractivity contribution in [2.75, 3.05) is 13.2 Å². The molecule has 2 fully saturated rings. The van der Waals surface area contributed by atoms with Crippen LogP contribution in [0, 0.1) is 10.8 Å². The first-order chi connectivity index (χ1) is 12.0. The van der Waals surface area contributed by atoms with Gasteiger partial charge in [0.15, 0.2) is 6.61 Å². The van der Waals surface area contributed by atoms with Crippen LogP contribution in [0.1, 0.15) is 73.6 Å². The molecule has 6 nitrogen and oxygen atoms in total. The van der Waals surface area contributed by atoms with E-state index in [9.17, 15) is 9.59 Å². The summed E-state index contributed by atoms with van der Waals surface area (Å²) in [7, 11) is 0. The molecule has 0 radical (unpaired) electrons. The number of carbonyl (C=O) groups is 2. The third-order valence-corrected chi connectivity index (χ3v) is 5.27. The van der Waals surface area contributed by atoms with Gasteiger partial charge in [0.05, 0.1) is 18.1 Å². The van der Waals surface area contributed by atoms with Gasteiger partial charge in [0.2, 0.25) is 6.29 Å². The molecule has 0 aromatic rings. The summed E-state index contributed by atoms with van der Waals surface area (Å²) in [6.45, 7) is 11.7. The summed E-state index contributed by atoms with van der Waals surface area (Å²) in [6.07, 6.45) is 3.68. The Labute approximate surface area is 156 Å². The minimum Gasteiger partial charge on any atom is -0.453 e. The number of ether oxygens (including phenoxy) is 4. The molecule has 0 N–H and O–H groups in total. The number of hydrogen-bond donors (Lipinski definition) is 0. The van der Waals surface area contributed by atoms with Gasteiger partial charge in [0.25, 0.3) is 0 Å². The quantitative estimate of drug-likeness (QED) is 0.480. The van der Waals surface area contributed by atoms with Crippen molar-refractivity contribution in [3.05, 3.63) is 0 Å². The van der Waals surface area contributed by atoms with Crippen molar-refractivity contribution in [1.29, 1.82) is 0 Å². The van der Waals surface area contributed by atoms with Crippen LogP contribution in [0.2, 0.25) is 0 Å². The van der Waals surface area contributed by atoms with E-state index in [1.165, 1.54) is 0 Å². The molecule has 2 rings (SSSR count). The summed E-state index contributed by atoms with van der Waals surface area (Å²) in [5.41, 5.74) is -1.23. The number of esters is 2. The van der Waals surface area contributed by atoms with E-state index in [2.05, 4.69) is 20.8 Å². The van der Waals surface area contributed by atoms with E-state index in [-0.39, 0.29) is 11.5 Å². The van der Waals surface area contributed by atoms with Crippen LogP contribution in [-0.2, 0) is 28.5 Å². The van der Waals surface area contributed by atoms with Crippen LogP contribution in [0.5, 0.6) is 0 Å². The topological polar surface area (TPSA) is 71.1 Å². The van der Waals surface area contributed by atoms with Crippen LogP contribution in [0.15, 0.2) is 0 Å².